The highest BCUT2D eigenvalue weighted by Crippen LogP contribution is 2.39. The minimum absolute atomic E-state index is 0.215. The fourth-order valence-electron chi connectivity index (χ4n) is 2.88. The minimum atomic E-state index is 0.215. The number of nitrogens with zero attached hydrogens (tertiary/aromatic N) is 1. The molecular formula is C15H26N2S. The van der Waals surface area contributed by atoms with Crippen LogP contribution in [0.5, 0.6) is 0 Å². The van der Waals surface area contributed by atoms with Crippen LogP contribution in [0, 0.1) is 5.41 Å². The van der Waals surface area contributed by atoms with Gasteiger partial charge in [0.05, 0.1) is 11.2 Å². The van der Waals surface area contributed by atoms with Crippen LogP contribution in [0.2, 0.25) is 0 Å². The summed E-state index contributed by atoms with van der Waals surface area (Å²) in [4.78, 5) is 4.49. The lowest BCUT2D eigenvalue weighted by atomic mass is 9.71. The predicted molar refractivity (Wildman–Crippen MR) is 79.1 cm³/mol. The van der Waals surface area contributed by atoms with Crippen molar-refractivity contribution in [3.05, 3.63) is 16.6 Å². The third-order valence-corrected chi connectivity index (χ3v) is 4.58. The Morgan fingerprint density at radius 1 is 1.28 bits per heavy atom. The number of hydrogen-bond acceptors (Lipinski definition) is 3. The van der Waals surface area contributed by atoms with Gasteiger partial charge in [-0.1, -0.05) is 19.3 Å². The maximum Gasteiger partial charge on any atom is 0.0794 e. The van der Waals surface area contributed by atoms with Gasteiger partial charge in [0.25, 0.3) is 0 Å². The zero-order valence-electron chi connectivity index (χ0n) is 12.0. The molecule has 1 N–H and O–H groups in total. The molecule has 1 aliphatic carbocycles. The standard InChI is InChI=1S/C15H26N2S/c1-14(2,3)17-11-15(7-5-4-6-8-15)9-13-10-18-12-16-13/h10,12,17H,4-9,11H2,1-3H3. The second-order valence-electron chi connectivity index (χ2n) is 6.82. The average molecular weight is 266 g/mol. The van der Waals surface area contributed by atoms with Crippen molar-refractivity contribution >= 4 is 11.3 Å². The van der Waals surface area contributed by atoms with Crippen molar-refractivity contribution in [1.82, 2.24) is 10.3 Å². The summed E-state index contributed by atoms with van der Waals surface area (Å²) in [5.74, 6) is 0. The van der Waals surface area contributed by atoms with E-state index in [1.165, 1.54) is 37.8 Å². The molecule has 0 radical (unpaired) electrons. The van der Waals surface area contributed by atoms with Crippen LogP contribution in [-0.4, -0.2) is 17.1 Å². The van der Waals surface area contributed by atoms with E-state index in [0.29, 0.717) is 5.41 Å². The summed E-state index contributed by atoms with van der Waals surface area (Å²) in [7, 11) is 0. The van der Waals surface area contributed by atoms with Crippen LogP contribution >= 0.6 is 11.3 Å². The van der Waals surface area contributed by atoms with Crippen LogP contribution in [0.25, 0.3) is 0 Å². The van der Waals surface area contributed by atoms with Gasteiger partial charge in [0.15, 0.2) is 0 Å². The van der Waals surface area contributed by atoms with Gasteiger partial charge in [-0.15, -0.1) is 11.3 Å². The van der Waals surface area contributed by atoms with Crippen LogP contribution in [0.1, 0.15) is 58.6 Å². The summed E-state index contributed by atoms with van der Waals surface area (Å²) in [5, 5.41) is 5.94. The molecule has 0 amide bonds. The van der Waals surface area contributed by atoms with Crippen LogP contribution < -0.4 is 5.32 Å². The maximum absolute atomic E-state index is 4.49. The van der Waals surface area contributed by atoms with Crippen LogP contribution in [0.3, 0.4) is 0 Å². The van der Waals surface area contributed by atoms with E-state index in [0.717, 1.165) is 13.0 Å². The molecule has 2 rings (SSSR count). The predicted octanol–water partition coefficient (Wildman–Crippen LogP) is 4.02. The highest BCUT2D eigenvalue weighted by molar-refractivity contribution is 7.07. The van der Waals surface area contributed by atoms with E-state index in [4.69, 9.17) is 0 Å². The fourth-order valence-corrected chi connectivity index (χ4v) is 3.44. The lowest BCUT2D eigenvalue weighted by molar-refractivity contribution is 0.164. The molecular weight excluding hydrogens is 240 g/mol. The van der Waals surface area contributed by atoms with Gasteiger partial charge >= 0.3 is 0 Å². The van der Waals surface area contributed by atoms with Crippen molar-refractivity contribution in [2.24, 2.45) is 5.41 Å². The Bertz CT molecular complexity index is 345. The Morgan fingerprint density at radius 3 is 2.56 bits per heavy atom. The Morgan fingerprint density at radius 2 is 2.00 bits per heavy atom. The molecule has 0 saturated heterocycles. The first kappa shape index (κ1) is 14.0. The molecule has 3 heteroatoms. The van der Waals surface area contributed by atoms with E-state index in [-0.39, 0.29) is 5.54 Å². The highest BCUT2D eigenvalue weighted by Gasteiger charge is 2.33. The van der Waals surface area contributed by atoms with Gasteiger partial charge in [-0.3, -0.25) is 0 Å². The van der Waals surface area contributed by atoms with Crippen molar-refractivity contribution in [2.45, 2.75) is 64.8 Å². The Hall–Kier alpha value is -0.410. The zero-order valence-corrected chi connectivity index (χ0v) is 12.8. The molecule has 0 atom stereocenters. The first-order valence-corrected chi connectivity index (χ1v) is 8.06. The molecule has 1 aromatic heterocycles. The molecule has 102 valence electrons. The molecule has 18 heavy (non-hydrogen) atoms. The van der Waals surface area contributed by atoms with Crippen molar-refractivity contribution < 1.29 is 0 Å². The molecule has 1 heterocycles. The van der Waals surface area contributed by atoms with Gasteiger partial charge in [0.2, 0.25) is 0 Å². The topological polar surface area (TPSA) is 24.9 Å². The van der Waals surface area contributed by atoms with Crippen molar-refractivity contribution in [1.29, 1.82) is 0 Å². The van der Waals surface area contributed by atoms with Crippen molar-refractivity contribution in [3.63, 3.8) is 0 Å². The van der Waals surface area contributed by atoms with Gasteiger partial charge < -0.3 is 5.32 Å². The lowest BCUT2D eigenvalue weighted by Gasteiger charge is -2.39. The number of thiazole rings is 1. The van der Waals surface area contributed by atoms with Gasteiger partial charge in [-0.25, -0.2) is 4.98 Å². The van der Waals surface area contributed by atoms with E-state index in [2.05, 4.69) is 36.5 Å². The second kappa shape index (κ2) is 5.70. The lowest BCUT2D eigenvalue weighted by Crippen LogP contribution is -2.45. The van der Waals surface area contributed by atoms with Gasteiger partial charge in [0.1, 0.15) is 0 Å². The first-order valence-electron chi connectivity index (χ1n) is 7.11. The molecule has 1 saturated carbocycles. The fraction of sp³-hybridized carbons (Fsp3) is 0.800. The Labute approximate surface area is 115 Å². The SMILES string of the molecule is CC(C)(C)NCC1(Cc2cscn2)CCCCC1. The highest BCUT2D eigenvalue weighted by atomic mass is 32.1. The van der Waals surface area contributed by atoms with Crippen molar-refractivity contribution in [3.8, 4) is 0 Å². The van der Waals surface area contributed by atoms with E-state index in [1.54, 1.807) is 11.3 Å². The monoisotopic (exact) mass is 266 g/mol. The normalized spacial score (nSPS) is 19.9. The summed E-state index contributed by atoms with van der Waals surface area (Å²) in [6.07, 6.45) is 8.04. The molecule has 0 spiro atoms. The van der Waals surface area contributed by atoms with E-state index < -0.39 is 0 Å². The second-order valence-corrected chi connectivity index (χ2v) is 7.54. The number of rotatable bonds is 4. The van der Waals surface area contributed by atoms with Crippen molar-refractivity contribution in [2.75, 3.05) is 6.54 Å². The molecule has 1 aliphatic rings. The first-order chi connectivity index (χ1) is 8.49. The van der Waals surface area contributed by atoms with Crippen LogP contribution in [0.4, 0.5) is 0 Å². The summed E-state index contributed by atoms with van der Waals surface area (Å²) in [6.45, 7) is 7.90. The minimum Gasteiger partial charge on any atom is -0.312 e. The Balaban J connectivity index is 2.02. The van der Waals surface area contributed by atoms with Crippen LogP contribution in [0.15, 0.2) is 10.9 Å². The smallest absolute Gasteiger partial charge is 0.0794 e. The summed E-state index contributed by atoms with van der Waals surface area (Å²) >= 11 is 1.72. The number of nitrogens with one attached hydrogen (secondary N) is 1. The maximum atomic E-state index is 4.49. The molecule has 1 fully saturated rings. The van der Waals surface area contributed by atoms with Gasteiger partial charge in [0, 0.05) is 17.5 Å². The average Bonchev–Trinajstić information content (AvgIpc) is 2.80. The van der Waals surface area contributed by atoms with Gasteiger partial charge in [-0.05, 0) is 45.4 Å². The molecule has 0 aromatic carbocycles. The van der Waals surface area contributed by atoms with Gasteiger partial charge in [-0.2, -0.15) is 0 Å². The third kappa shape index (κ3) is 4.06. The zero-order chi connectivity index (χ0) is 13.1. The number of hydrogen-bond donors (Lipinski definition) is 1. The van der Waals surface area contributed by atoms with E-state index in [9.17, 15) is 0 Å². The summed E-state index contributed by atoms with van der Waals surface area (Å²) in [5.41, 5.74) is 3.91. The summed E-state index contributed by atoms with van der Waals surface area (Å²) in [6, 6.07) is 0. The molecule has 0 aliphatic heterocycles. The quantitative estimate of drug-likeness (QED) is 0.890. The molecule has 2 nitrogen and oxygen atoms in total. The third-order valence-electron chi connectivity index (χ3n) is 3.95. The molecule has 0 bridgehead atoms. The number of aromatic nitrogens is 1. The van der Waals surface area contributed by atoms with E-state index >= 15 is 0 Å². The van der Waals surface area contributed by atoms with E-state index in [1.807, 2.05) is 5.51 Å². The Kier molecular flexibility index (Phi) is 4.44. The summed E-state index contributed by atoms with van der Waals surface area (Å²) < 4.78 is 0. The van der Waals surface area contributed by atoms with Crippen LogP contribution in [-0.2, 0) is 6.42 Å². The molecule has 1 aromatic rings. The largest absolute Gasteiger partial charge is 0.312 e. The molecule has 0 unspecified atom stereocenters.